The van der Waals surface area contributed by atoms with Gasteiger partial charge in [-0.15, -0.1) is 0 Å². The van der Waals surface area contributed by atoms with Crippen molar-refractivity contribution in [3.05, 3.63) is 0 Å². The van der Waals surface area contributed by atoms with Gasteiger partial charge in [0.15, 0.2) is 0 Å². The molecule has 1 saturated carbocycles. The van der Waals surface area contributed by atoms with E-state index >= 15 is 0 Å². The van der Waals surface area contributed by atoms with Crippen LogP contribution in [0.1, 0.15) is 40.0 Å². The maximum Gasteiger partial charge on any atom is 0.325 e. The molecular weight excluding hydrogens is 218 g/mol. The van der Waals surface area contributed by atoms with Crippen molar-refractivity contribution in [3.63, 3.8) is 0 Å². The van der Waals surface area contributed by atoms with Gasteiger partial charge in [0.05, 0.1) is 6.61 Å². The van der Waals surface area contributed by atoms with E-state index in [9.17, 15) is 4.79 Å². The van der Waals surface area contributed by atoms with Crippen LogP contribution in [-0.2, 0) is 9.53 Å². The lowest BCUT2D eigenvalue weighted by molar-refractivity contribution is -0.158. The second-order valence-electron chi connectivity index (χ2n) is 5.59. The zero-order chi connectivity index (χ0) is 13.0. The molecule has 1 rings (SSSR count). The molecule has 0 aliphatic heterocycles. The monoisotopic (exact) mass is 243 g/mol. The Morgan fingerprint density at radius 2 is 2.12 bits per heavy atom. The number of hydrogen-bond donors (Lipinski definition) is 2. The summed E-state index contributed by atoms with van der Waals surface area (Å²) < 4.78 is 5.46. The number of rotatable bonds is 4. The Balaban J connectivity index is 2.60. The Kier molecular flexibility index (Phi) is 5.40. The van der Waals surface area contributed by atoms with Crippen molar-refractivity contribution < 1.29 is 14.6 Å². The summed E-state index contributed by atoms with van der Waals surface area (Å²) >= 11 is 0. The van der Waals surface area contributed by atoms with E-state index in [0.29, 0.717) is 17.8 Å². The first kappa shape index (κ1) is 14.5. The molecule has 4 nitrogen and oxygen atoms in total. The molecule has 3 unspecified atom stereocenters. The highest BCUT2D eigenvalue weighted by Crippen LogP contribution is 2.35. The molecule has 4 heteroatoms. The van der Waals surface area contributed by atoms with Crippen molar-refractivity contribution in [2.45, 2.75) is 52.2 Å². The third-order valence-corrected chi connectivity index (χ3v) is 3.73. The zero-order valence-electron chi connectivity index (χ0n) is 11.1. The summed E-state index contributed by atoms with van der Waals surface area (Å²) in [6.07, 6.45) is 3.17. The Morgan fingerprint density at radius 3 is 2.65 bits per heavy atom. The van der Waals surface area contributed by atoms with Crippen molar-refractivity contribution in [1.82, 2.24) is 0 Å². The maximum absolute atomic E-state index is 11.6. The van der Waals surface area contributed by atoms with E-state index in [0.717, 1.165) is 12.8 Å². The molecule has 0 heterocycles. The van der Waals surface area contributed by atoms with Crippen molar-refractivity contribution in [2.24, 2.45) is 23.5 Å². The van der Waals surface area contributed by atoms with Gasteiger partial charge in [-0.25, -0.2) is 0 Å². The molecule has 0 radical (unpaired) electrons. The van der Waals surface area contributed by atoms with Gasteiger partial charge in [-0.3, -0.25) is 4.79 Å². The molecule has 3 N–H and O–H groups in total. The summed E-state index contributed by atoms with van der Waals surface area (Å²) in [5.74, 6) is 1.04. The molecule has 0 aromatic rings. The molecule has 1 fully saturated rings. The fourth-order valence-electron chi connectivity index (χ4n) is 2.56. The molecule has 4 atom stereocenters. The first-order valence-corrected chi connectivity index (χ1v) is 6.52. The molecule has 0 aromatic carbocycles. The zero-order valence-corrected chi connectivity index (χ0v) is 11.1. The lowest BCUT2D eigenvalue weighted by atomic mass is 9.75. The summed E-state index contributed by atoms with van der Waals surface area (Å²) in [4.78, 5) is 11.6. The van der Waals surface area contributed by atoms with E-state index < -0.39 is 12.0 Å². The summed E-state index contributed by atoms with van der Waals surface area (Å²) in [5, 5.41) is 8.84. The van der Waals surface area contributed by atoms with E-state index in [-0.39, 0.29) is 12.7 Å². The SMILES string of the molecule is CC1CCC(C(C)C)C(OC(=O)[C@@H](N)CO)C1. The number of ether oxygens (including phenoxy) is 1. The van der Waals surface area contributed by atoms with Gasteiger partial charge in [-0.05, 0) is 30.6 Å². The number of carbonyl (C=O) groups excluding carboxylic acids is 1. The van der Waals surface area contributed by atoms with Crippen molar-refractivity contribution >= 4 is 5.97 Å². The van der Waals surface area contributed by atoms with Gasteiger partial charge in [0.2, 0.25) is 0 Å². The third-order valence-electron chi connectivity index (χ3n) is 3.73. The van der Waals surface area contributed by atoms with E-state index in [4.69, 9.17) is 15.6 Å². The summed E-state index contributed by atoms with van der Waals surface area (Å²) in [6, 6.07) is -0.903. The topological polar surface area (TPSA) is 72.5 Å². The normalized spacial score (nSPS) is 31.3. The summed E-state index contributed by atoms with van der Waals surface area (Å²) in [5.41, 5.74) is 5.47. The second-order valence-corrected chi connectivity index (χ2v) is 5.59. The lowest BCUT2D eigenvalue weighted by Crippen LogP contribution is -2.42. The van der Waals surface area contributed by atoms with Gasteiger partial charge >= 0.3 is 5.97 Å². The highest BCUT2D eigenvalue weighted by Gasteiger charge is 2.34. The van der Waals surface area contributed by atoms with Crippen molar-refractivity contribution in [3.8, 4) is 0 Å². The minimum absolute atomic E-state index is 0.0381. The fourth-order valence-corrected chi connectivity index (χ4v) is 2.56. The molecule has 0 amide bonds. The van der Waals surface area contributed by atoms with Crippen molar-refractivity contribution in [1.29, 1.82) is 0 Å². The first-order valence-electron chi connectivity index (χ1n) is 6.52. The minimum Gasteiger partial charge on any atom is -0.461 e. The smallest absolute Gasteiger partial charge is 0.325 e. The molecule has 1 aliphatic carbocycles. The Labute approximate surface area is 104 Å². The van der Waals surface area contributed by atoms with Gasteiger partial charge in [-0.1, -0.05) is 27.2 Å². The quantitative estimate of drug-likeness (QED) is 0.730. The molecular formula is C13H25NO3. The predicted molar refractivity (Wildman–Crippen MR) is 66.3 cm³/mol. The van der Waals surface area contributed by atoms with Gasteiger partial charge in [-0.2, -0.15) is 0 Å². The van der Waals surface area contributed by atoms with Gasteiger partial charge in [0.1, 0.15) is 12.1 Å². The summed E-state index contributed by atoms with van der Waals surface area (Å²) in [6.45, 7) is 6.15. The number of hydrogen-bond acceptors (Lipinski definition) is 4. The highest BCUT2D eigenvalue weighted by molar-refractivity contribution is 5.75. The maximum atomic E-state index is 11.6. The van der Waals surface area contributed by atoms with E-state index in [1.54, 1.807) is 0 Å². The van der Waals surface area contributed by atoms with E-state index in [1.165, 1.54) is 6.42 Å². The van der Waals surface area contributed by atoms with Crippen LogP contribution in [-0.4, -0.2) is 29.8 Å². The minimum atomic E-state index is -0.903. The Hall–Kier alpha value is -0.610. The van der Waals surface area contributed by atoms with Crippen LogP contribution in [0.15, 0.2) is 0 Å². The number of carbonyl (C=O) groups is 1. The van der Waals surface area contributed by atoms with Crippen LogP contribution >= 0.6 is 0 Å². The van der Waals surface area contributed by atoms with Crippen LogP contribution in [0.4, 0.5) is 0 Å². The number of esters is 1. The predicted octanol–water partition coefficient (Wildman–Crippen LogP) is 1.31. The Morgan fingerprint density at radius 1 is 1.47 bits per heavy atom. The summed E-state index contributed by atoms with van der Waals surface area (Å²) in [7, 11) is 0. The van der Waals surface area contributed by atoms with Gasteiger partial charge in [0, 0.05) is 0 Å². The van der Waals surface area contributed by atoms with Crippen LogP contribution in [0, 0.1) is 17.8 Å². The van der Waals surface area contributed by atoms with Crippen LogP contribution in [0.3, 0.4) is 0 Å². The average molecular weight is 243 g/mol. The average Bonchev–Trinajstić information content (AvgIpc) is 2.27. The number of nitrogens with two attached hydrogens (primary N) is 1. The fraction of sp³-hybridized carbons (Fsp3) is 0.923. The lowest BCUT2D eigenvalue weighted by Gasteiger charge is -2.37. The molecule has 100 valence electrons. The van der Waals surface area contributed by atoms with Crippen LogP contribution in [0.25, 0.3) is 0 Å². The first-order chi connectivity index (χ1) is 7.95. The van der Waals surface area contributed by atoms with Gasteiger partial charge < -0.3 is 15.6 Å². The van der Waals surface area contributed by atoms with Gasteiger partial charge in [0.25, 0.3) is 0 Å². The highest BCUT2D eigenvalue weighted by atomic mass is 16.5. The van der Waals surface area contributed by atoms with Crippen molar-refractivity contribution in [2.75, 3.05) is 6.61 Å². The van der Waals surface area contributed by atoms with Crippen LogP contribution in [0.5, 0.6) is 0 Å². The van der Waals surface area contributed by atoms with Crippen LogP contribution in [0.2, 0.25) is 0 Å². The Bertz CT molecular complexity index is 255. The second kappa shape index (κ2) is 6.36. The number of aliphatic hydroxyl groups is 1. The number of aliphatic hydroxyl groups excluding tert-OH is 1. The van der Waals surface area contributed by atoms with E-state index in [2.05, 4.69) is 20.8 Å². The molecule has 17 heavy (non-hydrogen) atoms. The van der Waals surface area contributed by atoms with E-state index in [1.807, 2.05) is 0 Å². The van der Waals surface area contributed by atoms with Crippen LogP contribution < -0.4 is 5.73 Å². The standard InChI is InChI=1S/C13H25NO3/c1-8(2)10-5-4-9(3)6-12(10)17-13(16)11(14)7-15/h8-12,15H,4-7,14H2,1-3H3/t9?,10?,11-,12?/m0/s1. The molecule has 0 bridgehead atoms. The molecule has 0 aromatic heterocycles. The largest absolute Gasteiger partial charge is 0.461 e. The molecule has 0 saturated heterocycles. The molecule has 1 aliphatic rings. The third kappa shape index (κ3) is 3.96. The molecule has 0 spiro atoms.